The minimum Gasteiger partial charge on any atom is -0.497 e. The van der Waals surface area contributed by atoms with Crippen molar-refractivity contribution in [3.63, 3.8) is 0 Å². The fourth-order valence-electron chi connectivity index (χ4n) is 4.70. The molecule has 0 unspecified atom stereocenters. The predicted octanol–water partition coefficient (Wildman–Crippen LogP) is 5.92. The molecule has 6 heteroatoms. The number of aromatic nitrogens is 3. The normalized spacial score (nSPS) is 17.4. The van der Waals surface area contributed by atoms with Gasteiger partial charge in [0.05, 0.1) is 23.4 Å². The van der Waals surface area contributed by atoms with Crippen LogP contribution < -0.4 is 9.64 Å². The van der Waals surface area contributed by atoms with E-state index in [2.05, 4.69) is 22.0 Å². The average Bonchev–Trinajstić information content (AvgIpc) is 3.50. The number of anilines is 1. The van der Waals surface area contributed by atoms with Crippen molar-refractivity contribution in [2.45, 2.75) is 50.9 Å². The van der Waals surface area contributed by atoms with Gasteiger partial charge in [0, 0.05) is 30.4 Å². The third kappa shape index (κ3) is 3.81. The van der Waals surface area contributed by atoms with Gasteiger partial charge in [-0.1, -0.05) is 24.2 Å². The fourth-order valence-corrected chi connectivity index (χ4v) is 5.86. The van der Waals surface area contributed by atoms with E-state index in [1.165, 1.54) is 55.4 Å². The Kier molecular flexibility index (Phi) is 5.67. The first-order chi connectivity index (χ1) is 14.8. The van der Waals surface area contributed by atoms with Gasteiger partial charge in [-0.2, -0.15) is 0 Å². The lowest BCUT2D eigenvalue weighted by Crippen LogP contribution is -2.29. The molecule has 5 rings (SSSR count). The first-order valence-electron chi connectivity index (χ1n) is 11.0. The van der Waals surface area contributed by atoms with Crippen LogP contribution in [0.4, 0.5) is 5.13 Å². The maximum Gasteiger partial charge on any atom is 0.186 e. The molecule has 1 aliphatic carbocycles. The van der Waals surface area contributed by atoms with Crippen molar-refractivity contribution in [1.29, 1.82) is 0 Å². The van der Waals surface area contributed by atoms with Gasteiger partial charge in [0.1, 0.15) is 12.1 Å². The molecule has 0 bridgehead atoms. The number of rotatable bonds is 5. The minimum atomic E-state index is 0.561. The Morgan fingerprint density at radius 2 is 1.73 bits per heavy atom. The van der Waals surface area contributed by atoms with Gasteiger partial charge in [-0.05, 0) is 62.3 Å². The summed E-state index contributed by atoms with van der Waals surface area (Å²) < 4.78 is 5.36. The molecule has 1 aromatic carbocycles. The molecule has 2 aromatic heterocycles. The third-order valence-electron chi connectivity index (χ3n) is 6.36. The maximum atomic E-state index is 5.36. The van der Waals surface area contributed by atoms with Gasteiger partial charge in [-0.3, -0.25) is 0 Å². The van der Waals surface area contributed by atoms with Crippen molar-refractivity contribution in [2.75, 3.05) is 25.1 Å². The number of thiazole rings is 1. The van der Waals surface area contributed by atoms with Gasteiger partial charge in [-0.25, -0.2) is 15.0 Å². The van der Waals surface area contributed by atoms with Gasteiger partial charge in [0.15, 0.2) is 5.13 Å². The van der Waals surface area contributed by atoms with Crippen LogP contribution in [0.25, 0.3) is 21.8 Å². The van der Waals surface area contributed by atoms with E-state index in [9.17, 15) is 0 Å². The number of methoxy groups -OCH3 is 1. The molecule has 156 valence electrons. The van der Waals surface area contributed by atoms with Crippen LogP contribution in [0, 0.1) is 0 Å². The molecule has 2 fully saturated rings. The van der Waals surface area contributed by atoms with Crippen LogP contribution in [0.5, 0.6) is 5.75 Å². The van der Waals surface area contributed by atoms with E-state index in [1.807, 2.05) is 18.3 Å². The van der Waals surface area contributed by atoms with Gasteiger partial charge < -0.3 is 9.64 Å². The highest BCUT2D eigenvalue weighted by Gasteiger charge is 2.26. The van der Waals surface area contributed by atoms with Gasteiger partial charge in [0.25, 0.3) is 0 Å². The number of piperidine rings is 1. The second-order valence-corrected chi connectivity index (χ2v) is 9.24. The summed E-state index contributed by atoms with van der Waals surface area (Å²) in [6, 6.07) is 8.23. The lowest BCUT2D eigenvalue weighted by atomic mass is 9.96. The van der Waals surface area contributed by atoms with Crippen LogP contribution in [0.3, 0.4) is 0 Å². The fraction of sp³-hybridized carbons (Fsp3) is 0.458. The van der Waals surface area contributed by atoms with Crippen molar-refractivity contribution in [1.82, 2.24) is 15.0 Å². The Morgan fingerprint density at radius 1 is 0.967 bits per heavy atom. The molecule has 0 spiro atoms. The van der Waals surface area contributed by atoms with Gasteiger partial charge >= 0.3 is 0 Å². The lowest BCUT2D eigenvalue weighted by molar-refractivity contribution is 0.415. The molecule has 3 heterocycles. The Balaban J connectivity index is 1.62. The summed E-state index contributed by atoms with van der Waals surface area (Å²) in [5.74, 6) is 1.42. The zero-order valence-corrected chi connectivity index (χ0v) is 18.3. The number of ether oxygens (including phenoxy) is 1. The Hall–Kier alpha value is -2.47. The minimum absolute atomic E-state index is 0.561. The van der Waals surface area contributed by atoms with Crippen LogP contribution in [-0.2, 0) is 0 Å². The summed E-state index contributed by atoms with van der Waals surface area (Å²) in [6.07, 6.45) is 12.6. The smallest absolute Gasteiger partial charge is 0.186 e. The molecular formula is C24H28N4OS. The van der Waals surface area contributed by atoms with E-state index in [4.69, 9.17) is 14.7 Å². The van der Waals surface area contributed by atoms with E-state index >= 15 is 0 Å². The number of nitrogens with zero attached hydrogens (tertiary/aromatic N) is 4. The lowest BCUT2D eigenvalue weighted by Gasteiger charge is -2.25. The van der Waals surface area contributed by atoms with Crippen molar-refractivity contribution >= 4 is 16.5 Å². The molecule has 30 heavy (non-hydrogen) atoms. The highest BCUT2D eigenvalue weighted by molar-refractivity contribution is 7.19. The van der Waals surface area contributed by atoms with Crippen molar-refractivity contribution < 1.29 is 4.74 Å². The summed E-state index contributed by atoms with van der Waals surface area (Å²) in [7, 11) is 1.70. The van der Waals surface area contributed by atoms with Gasteiger partial charge in [-0.15, -0.1) is 0 Å². The van der Waals surface area contributed by atoms with Crippen LogP contribution in [0.15, 0.2) is 36.8 Å². The van der Waals surface area contributed by atoms with E-state index in [0.29, 0.717) is 5.92 Å². The zero-order valence-electron chi connectivity index (χ0n) is 17.5. The second-order valence-electron chi connectivity index (χ2n) is 8.26. The van der Waals surface area contributed by atoms with E-state index in [1.54, 1.807) is 24.8 Å². The summed E-state index contributed by atoms with van der Waals surface area (Å²) in [6.45, 7) is 2.18. The predicted molar refractivity (Wildman–Crippen MR) is 122 cm³/mol. The van der Waals surface area contributed by atoms with Gasteiger partial charge in [0.2, 0.25) is 0 Å². The first kappa shape index (κ1) is 19.5. The van der Waals surface area contributed by atoms with Crippen LogP contribution in [0.2, 0.25) is 0 Å². The number of hydrogen-bond acceptors (Lipinski definition) is 6. The Labute approximate surface area is 182 Å². The van der Waals surface area contributed by atoms with Crippen molar-refractivity contribution in [2.24, 2.45) is 0 Å². The van der Waals surface area contributed by atoms with Crippen LogP contribution >= 0.6 is 11.3 Å². The molecule has 0 atom stereocenters. The monoisotopic (exact) mass is 420 g/mol. The largest absolute Gasteiger partial charge is 0.497 e. The summed E-state index contributed by atoms with van der Waals surface area (Å²) in [5, 5.41) is 1.12. The molecule has 5 nitrogen and oxygen atoms in total. The molecule has 1 saturated carbocycles. The van der Waals surface area contributed by atoms with E-state index in [0.717, 1.165) is 40.9 Å². The van der Waals surface area contributed by atoms with Crippen molar-refractivity contribution in [3.05, 3.63) is 42.4 Å². The number of hydrogen-bond donors (Lipinski definition) is 0. The molecule has 3 aromatic rings. The van der Waals surface area contributed by atoms with E-state index < -0.39 is 0 Å². The second kappa shape index (κ2) is 8.72. The molecule has 1 aliphatic heterocycles. The Morgan fingerprint density at radius 3 is 2.47 bits per heavy atom. The quantitative estimate of drug-likeness (QED) is 0.512. The zero-order chi connectivity index (χ0) is 20.3. The number of benzene rings is 1. The standard InChI is InChI=1S/C24H28N4OS/c1-29-19-11-9-18(10-12-19)21-23(30-24(27-21)28-13-5-2-6-14-28)22-20(15-25-16-26-22)17-7-3-4-8-17/h9-12,15-17H,2-8,13-14H2,1H3. The summed E-state index contributed by atoms with van der Waals surface area (Å²) in [4.78, 5) is 17.9. The third-order valence-corrected chi connectivity index (χ3v) is 7.48. The average molecular weight is 421 g/mol. The first-order valence-corrected chi connectivity index (χ1v) is 11.9. The molecule has 0 radical (unpaired) electrons. The topological polar surface area (TPSA) is 51.1 Å². The highest BCUT2D eigenvalue weighted by Crippen LogP contribution is 2.45. The Bertz CT molecular complexity index is 989. The summed E-state index contributed by atoms with van der Waals surface area (Å²) >= 11 is 1.79. The summed E-state index contributed by atoms with van der Waals surface area (Å²) in [5.41, 5.74) is 4.50. The molecular weight excluding hydrogens is 392 g/mol. The molecule has 0 N–H and O–H groups in total. The van der Waals surface area contributed by atoms with Crippen molar-refractivity contribution in [3.8, 4) is 27.6 Å². The highest BCUT2D eigenvalue weighted by atomic mass is 32.1. The SMILES string of the molecule is COc1ccc(-c2nc(N3CCCCC3)sc2-c2ncncc2C2CCCC2)cc1. The van der Waals surface area contributed by atoms with Crippen LogP contribution in [0.1, 0.15) is 56.4 Å². The molecule has 2 aliphatic rings. The molecule has 0 amide bonds. The van der Waals surface area contributed by atoms with Crippen LogP contribution in [-0.4, -0.2) is 35.2 Å². The molecule has 1 saturated heterocycles. The maximum absolute atomic E-state index is 5.36. The van der Waals surface area contributed by atoms with E-state index in [-0.39, 0.29) is 0 Å².